The van der Waals surface area contributed by atoms with Crippen molar-refractivity contribution in [1.82, 2.24) is 0 Å². The van der Waals surface area contributed by atoms with Gasteiger partial charge in [0.15, 0.2) is 5.96 Å². The number of aliphatic hydroxyl groups is 1. The Morgan fingerprint density at radius 1 is 1.17 bits per heavy atom. The van der Waals surface area contributed by atoms with E-state index in [4.69, 9.17) is 11.5 Å². The van der Waals surface area contributed by atoms with Crippen LogP contribution in [-0.4, -0.2) is 17.0 Å². The van der Waals surface area contributed by atoms with Gasteiger partial charge in [-0.15, -0.1) is 0 Å². The van der Waals surface area contributed by atoms with Crippen LogP contribution >= 0.6 is 0 Å². The zero-order chi connectivity index (χ0) is 17.7. The maximum Gasteiger partial charge on any atom is 0.275 e. The van der Waals surface area contributed by atoms with Gasteiger partial charge in [-0.1, -0.05) is 42.5 Å². The van der Waals surface area contributed by atoms with Crippen molar-refractivity contribution < 1.29 is 9.90 Å². The van der Waals surface area contributed by atoms with Crippen LogP contribution in [0.15, 0.2) is 59.1 Å². The second-order valence-corrected chi connectivity index (χ2v) is 5.56. The summed E-state index contributed by atoms with van der Waals surface area (Å²) in [6.45, 7) is 3.39. The Bertz CT molecular complexity index is 804. The van der Waals surface area contributed by atoms with E-state index in [1.54, 1.807) is 19.9 Å². The van der Waals surface area contributed by atoms with E-state index in [2.05, 4.69) is 4.99 Å². The number of guanidine groups is 1. The molecule has 2 aromatic rings. The summed E-state index contributed by atoms with van der Waals surface area (Å²) < 4.78 is 0. The molecule has 0 aliphatic rings. The number of aliphatic imine (C=N–C) groups is 1. The predicted molar refractivity (Wildman–Crippen MR) is 97.0 cm³/mol. The minimum atomic E-state index is -0.544. The molecule has 0 aliphatic carbocycles. The van der Waals surface area contributed by atoms with Crippen LogP contribution in [0.2, 0.25) is 0 Å². The molecular formula is C19H21N3O2. The molecule has 5 heteroatoms. The summed E-state index contributed by atoms with van der Waals surface area (Å²) in [4.78, 5) is 15.4. The largest absolute Gasteiger partial charge is 0.389 e. The summed E-state index contributed by atoms with van der Waals surface area (Å²) >= 11 is 0. The molecule has 124 valence electrons. The molecule has 0 heterocycles. The summed E-state index contributed by atoms with van der Waals surface area (Å²) in [5.74, 6) is -0.729. The minimum Gasteiger partial charge on any atom is -0.389 e. The Kier molecular flexibility index (Phi) is 5.50. The Morgan fingerprint density at radius 3 is 2.54 bits per heavy atom. The lowest BCUT2D eigenvalue weighted by molar-refractivity contribution is -0.114. The molecule has 0 bridgehead atoms. The maximum absolute atomic E-state index is 11.9. The van der Waals surface area contributed by atoms with Crippen LogP contribution in [-0.2, 0) is 4.79 Å². The van der Waals surface area contributed by atoms with E-state index in [-0.39, 0.29) is 5.96 Å². The molecule has 0 spiro atoms. The van der Waals surface area contributed by atoms with Gasteiger partial charge in [0.25, 0.3) is 5.91 Å². The summed E-state index contributed by atoms with van der Waals surface area (Å²) in [5.41, 5.74) is 14.5. The fourth-order valence-electron chi connectivity index (χ4n) is 2.35. The number of rotatable bonds is 4. The van der Waals surface area contributed by atoms with E-state index in [0.717, 1.165) is 22.3 Å². The lowest BCUT2D eigenvalue weighted by atomic mass is 9.96. The number of hydrogen-bond donors (Lipinski definition) is 3. The van der Waals surface area contributed by atoms with Crippen LogP contribution in [0.25, 0.3) is 17.2 Å². The van der Waals surface area contributed by atoms with Crippen molar-refractivity contribution in [3.8, 4) is 11.1 Å². The zero-order valence-corrected chi connectivity index (χ0v) is 13.7. The molecule has 0 aliphatic heterocycles. The quantitative estimate of drug-likeness (QED) is 0.457. The summed E-state index contributed by atoms with van der Waals surface area (Å²) in [7, 11) is 0. The molecule has 2 rings (SSSR count). The first-order chi connectivity index (χ1) is 11.4. The van der Waals surface area contributed by atoms with E-state index in [1.807, 2.05) is 48.5 Å². The minimum absolute atomic E-state index is 0.259. The monoisotopic (exact) mass is 323 g/mol. The highest BCUT2D eigenvalue weighted by atomic mass is 16.3. The number of benzene rings is 2. The smallest absolute Gasteiger partial charge is 0.275 e. The number of carbonyl (C=O) groups excluding carboxylic acids is 1. The molecule has 1 amide bonds. The number of aliphatic hydroxyl groups excluding tert-OH is 1. The van der Waals surface area contributed by atoms with Crippen LogP contribution in [0, 0.1) is 0 Å². The van der Waals surface area contributed by atoms with Crippen molar-refractivity contribution in [2.24, 2.45) is 16.5 Å². The Labute approximate surface area is 141 Å². The highest BCUT2D eigenvalue weighted by molar-refractivity contribution is 6.04. The molecule has 1 atom stereocenters. The Hall–Kier alpha value is -2.92. The van der Waals surface area contributed by atoms with Crippen molar-refractivity contribution >= 4 is 17.9 Å². The zero-order valence-electron chi connectivity index (χ0n) is 13.7. The van der Waals surface area contributed by atoms with E-state index < -0.39 is 12.0 Å². The van der Waals surface area contributed by atoms with Gasteiger partial charge in [-0.25, -0.2) is 0 Å². The summed E-state index contributed by atoms with van der Waals surface area (Å²) in [6, 6.07) is 15.4. The first-order valence-corrected chi connectivity index (χ1v) is 7.58. The predicted octanol–water partition coefficient (Wildman–Crippen LogP) is 2.61. The van der Waals surface area contributed by atoms with Crippen LogP contribution in [0.5, 0.6) is 0 Å². The van der Waals surface area contributed by atoms with Gasteiger partial charge >= 0.3 is 0 Å². The van der Waals surface area contributed by atoms with E-state index in [0.29, 0.717) is 5.57 Å². The molecule has 24 heavy (non-hydrogen) atoms. The van der Waals surface area contributed by atoms with Crippen molar-refractivity contribution in [3.63, 3.8) is 0 Å². The first-order valence-electron chi connectivity index (χ1n) is 7.58. The first kappa shape index (κ1) is 17.4. The van der Waals surface area contributed by atoms with E-state index >= 15 is 0 Å². The second kappa shape index (κ2) is 7.57. The lowest BCUT2D eigenvalue weighted by Crippen LogP contribution is -2.24. The van der Waals surface area contributed by atoms with Crippen LogP contribution in [0.3, 0.4) is 0 Å². The van der Waals surface area contributed by atoms with Crippen LogP contribution in [0.1, 0.15) is 31.1 Å². The third-order valence-electron chi connectivity index (χ3n) is 3.58. The molecule has 0 saturated heterocycles. The van der Waals surface area contributed by atoms with Gasteiger partial charge in [0.1, 0.15) is 0 Å². The maximum atomic E-state index is 11.9. The molecule has 0 aromatic heterocycles. The van der Waals surface area contributed by atoms with Crippen molar-refractivity contribution in [1.29, 1.82) is 0 Å². The lowest BCUT2D eigenvalue weighted by Gasteiger charge is -2.10. The van der Waals surface area contributed by atoms with Crippen LogP contribution < -0.4 is 11.5 Å². The Morgan fingerprint density at radius 2 is 1.88 bits per heavy atom. The fourth-order valence-corrected chi connectivity index (χ4v) is 2.35. The fraction of sp³-hybridized carbons (Fsp3) is 0.158. The summed E-state index contributed by atoms with van der Waals surface area (Å²) in [5, 5.41) is 9.77. The standard InChI is InChI=1S/C19H21N3O2/c1-12(18(24)22-19(20)21)10-15-6-3-4-9-17(15)16-8-5-7-14(11-16)13(2)23/h3-11,13,23H,1-2H3,(H4,20,21,22,24). The molecule has 1 unspecified atom stereocenters. The average molecular weight is 323 g/mol. The summed E-state index contributed by atoms with van der Waals surface area (Å²) in [6.07, 6.45) is 1.21. The number of nitrogens with two attached hydrogens (primary N) is 2. The normalized spacial score (nSPS) is 12.5. The third kappa shape index (κ3) is 4.30. The van der Waals surface area contributed by atoms with E-state index in [1.165, 1.54) is 0 Å². The average Bonchev–Trinajstić information content (AvgIpc) is 2.54. The highest BCUT2D eigenvalue weighted by Crippen LogP contribution is 2.28. The second-order valence-electron chi connectivity index (χ2n) is 5.56. The van der Waals surface area contributed by atoms with Gasteiger partial charge in [0.2, 0.25) is 0 Å². The molecule has 0 saturated carbocycles. The number of amides is 1. The molecule has 0 radical (unpaired) electrons. The van der Waals surface area contributed by atoms with Gasteiger partial charge < -0.3 is 16.6 Å². The SMILES string of the molecule is CC(=Cc1ccccc1-c1cccc(C(C)O)c1)C(=O)N=C(N)N. The Balaban J connectivity index is 2.47. The van der Waals surface area contributed by atoms with E-state index in [9.17, 15) is 9.90 Å². The van der Waals surface area contributed by atoms with Gasteiger partial charge in [-0.3, -0.25) is 4.79 Å². The molecule has 5 N–H and O–H groups in total. The molecule has 2 aromatic carbocycles. The van der Waals surface area contributed by atoms with Crippen molar-refractivity contribution in [2.75, 3.05) is 0 Å². The van der Waals surface area contributed by atoms with Crippen molar-refractivity contribution in [3.05, 3.63) is 65.2 Å². The third-order valence-corrected chi connectivity index (χ3v) is 3.58. The molecular weight excluding hydrogens is 302 g/mol. The van der Waals surface area contributed by atoms with Gasteiger partial charge in [-0.05, 0) is 48.2 Å². The number of nitrogens with zero attached hydrogens (tertiary/aromatic N) is 1. The molecule has 5 nitrogen and oxygen atoms in total. The van der Waals surface area contributed by atoms with Gasteiger partial charge in [0, 0.05) is 5.57 Å². The van der Waals surface area contributed by atoms with Gasteiger partial charge in [-0.2, -0.15) is 4.99 Å². The van der Waals surface area contributed by atoms with Crippen LogP contribution in [0.4, 0.5) is 0 Å². The number of carbonyl (C=O) groups is 1. The molecule has 0 fully saturated rings. The number of hydrogen-bond acceptors (Lipinski definition) is 2. The highest BCUT2D eigenvalue weighted by Gasteiger charge is 2.08. The van der Waals surface area contributed by atoms with Gasteiger partial charge in [0.05, 0.1) is 6.10 Å². The van der Waals surface area contributed by atoms with Crippen molar-refractivity contribution in [2.45, 2.75) is 20.0 Å². The topological polar surface area (TPSA) is 102 Å².